The van der Waals surface area contributed by atoms with Crippen molar-refractivity contribution in [2.45, 2.75) is 44.3 Å². The molecule has 1 rings (SSSR count). The average Bonchev–Trinajstić information content (AvgIpc) is 2.37. The van der Waals surface area contributed by atoms with Crippen molar-refractivity contribution in [3.05, 3.63) is 29.8 Å². The molecule has 1 aromatic carbocycles. The molecule has 1 aromatic rings. The molecule has 0 saturated carbocycles. The first-order valence-corrected chi connectivity index (χ1v) is 8.37. The molecule has 0 aromatic heterocycles. The van der Waals surface area contributed by atoms with E-state index in [1.165, 1.54) is 0 Å². The Kier molecular flexibility index (Phi) is 5.74. The third-order valence-electron chi connectivity index (χ3n) is 2.94. The molecule has 0 heterocycles. The molecule has 0 fully saturated rings. The lowest BCUT2D eigenvalue weighted by atomic mass is 10.1. The maximum Gasteiger partial charge on any atom is 0.224 e. The smallest absolute Gasteiger partial charge is 0.224 e. The highest BCUT2D eigenvalue weighted by molar-refractivity contribution is 7.92. The number of rotatable bonds is 6. The van der Waals surface area contributed by atoms with Gasteiger partial charge in [0.2, 0.25) is 5.91 Å². The Morgan fingerprint density at radius 3 is 2.10 bits per heavy atom. The van der Waals surface area contributed by atoms with Crippen molar-refractivity contribution in [3.8, 4) is 0 Å². The zero-order valence-electron chi connectivity index (χ0n) is 12.5. The lowest BCUT2D eigenvalue weighted by molar-refractivity contribution is -0.120. The molecule has 0 atom stereocenters. The van der Waals surface area contributed by atoms with Crippen LogP contribution < -0.4 is 5.32 Å². The minimum atomic E-state index is -3.24. The number of hydrogen-bond donors (Lipinski definition) is 1. The Balaban J connectivity index is 2.71. The molecule has 4 nitrogen and oxygen atoms in total. The number of amides is 1. The minimum absolute atomic E-state index is 0.0434. The van der Waals surface area contributed by atoms with Gasteiger partial charge in [-0.15, -0.1) is 0 Å². The first-order valence-electron chi connectivity index (χ1n) is 6.83. The summed E-state index contributed by atoms with van der Waals surface area (Å²) in [5, 5.41) is 2.39. The van der Waals surface area contributed by atoms with Crippen molar-refractivity contribution in [1.82, 2.24) is 5.32 Å². The molecular formula is C15H23NO3S. The van der Waals surface area contributed by atoms with Gasteiger partial charge in [0.1, 0.15) is 0 Å². The van der Waals surface area contributed by atoms with E-state index in [0.29, 0.717) is 17.4 Å². The van der Waals surface area contributed by atoms with Crippen molar-refractivity contribution in [1.29, 1.82) is 0 Å². The highest BCUT2D eigenvalue weighted by Gasteiger charge is 2.18. The molecule has 0 spiro atoms. The number of benzene rings is 1. The third kappa shape index (κ3) is 4.63. The Labute approximate surface area is 121 Å². The fourth-order valence-corrected chi connectivity index (χ4v) is 2.69. The normalized spacial score (nSPS) is 11.9. The maximum absolute atomic E-state index is 12.0. The number of carbonyl (C=O) groups excluding carboxylic acids is 1. The Morgan fingerprint density at radius 1 is 1.10 bits per heavy atom. The molecule has 0 aliphatic heterocycles. The van der Waals surface area contributed by atoms with Crippen LogP contribution in [0, 0.1) is 5.92 Å². The van der Waals surface area contributed by atoms with Gasteiger partial charge in [-0.2, -0.15) is 0 Å². The summed E-state index contributed by atoms with van der Waals surface area (Å²) in [6.45, 7) is 8.03. The molecule has 0 unspecified atom stereocenters. The van der Waals surface area contributed by atoms with Crippen LogP contribution in [0.25, 0.3) is 0 Å². The molecule has 0 aliphatic rings. The van der Waals surface area contributed by atoms with Crippen LogP contribution in [0.15, 0.2) is 29.2 Å². The summed E-state index contributed by atoms with van der Waals surface area (Å²) in [6.07, 6.45) is 0.273. The molecule has 1 N–H and O–H groups in total. The zero-order valence-corrected chi connectivity index (χ0v) is 13.3. The number of carbonyl (C=O) groups is 1. The number of sulfone groups is 1. The lowest BCUT2D eigenvalue weighted by Crippen LogP contribution is -2.28. The summed E-state index contributed by atoms with van der Waals surface area (Å²) in [4.78, 5) is 12.0. The molecule has 20 heavy (non-hydrogen) atoms. The lowest BCUT2D eigenvalue weighted by Gasteiger charge is -2.09. The van der Waals surface area contributed by atoms with Crippen LogP contribution in [0.1, 0.15) is 33.3 Å². The summed E-state index contributed by atoms with van der Waals surface area (Å²) >= 11 is 0. The van der Waals surface area contributed by atoms with Gasteiger partial charge >= 0.3 is 0 Å². The maximum atomic E-state index is 12.0. The molecular weight excluding hydrogens is 274 g/mol. The van der Waals surface area contributed by atoms with Crippen LogP contribution >= 0.6 is 0 Å². The van der Waals surface area contributed by atoms with Gasteiger partial charge in [-0.05, 0) is 37.5 Å². The summed E-state index contributed by atoms with van der Waals surface area (Å²) in [6, 6.07) is 6.54. The van der Waals surface area contributed by atoms with Crippen molar-refractivity contribution in [2.75, 3.05) is 6.54 Å². The summed E-state index contributed by atoms with van der Waals surface area (Å²) in [5.74, 6) is 0.371. The molecule has 5 heteroatoms. The quantitative estimate of drug-likeness (QED) is 0.875. The largest absolute Gasteiger partial charge is 0.356 e. The number of nitrogens with one attached hydrogen (secondary N) is 1. The molecule has 0 radical (unpaired) electrons. The molecule has 0 aliphatic carbocycles. The first kappa shape index (κ1) is 16.7. The first-order chi connectivity index (χ1) is 9.23. The van der Waals surface area contributed by atoms with E-state index in [9.17, 15) is 13.2 Å². The highest BCUT2D eigenvalue weighted by atomic mass is 32.2. The third-order valence-corrected chi connectivity index (χ3v) is 5.12. The van der Waals surface area contributed by atoms with Gasteiger partial charge in [0.05, 0.1) is 16.6 Å². The average molecular weight is 297 g/mol. The van der Waals surface area contributed by atoms with Crippen molar-refractivity contribution < 1.29 is 13.2 Å². The SMILES string of the molecule is CC(C)CNC(=O)Cc1ccc(S(=O)(=O)C(C)C)cc1. The second-order valence-corrected chi connectivity index (χ2v) is 8.12. The van der Waals surface area contributed by atoms with E-state index in [1.54, 1.807) is 38.1 Å². The zero-order chi connectivity index (χ0) is 15.3. The van der Waals surface area contributed by atoms with Gasteiger partial charge < -0.3 is 5.32 Å². The van der Waals surface area contributed by atoms with Gasteiger partial charge in [-0.3, -0.25) is 4.79 Å². The van der Waals surface area contributed by atoms with Crippen molar-refractivity contribution in [2.24, 2.45) is 5.92 Å². The summed E-state index contributed by atoms with van der Waals surface area (Å²) < 4.78 is 23.9. The van der Waals surface area contributed by atoms with E-state index in [-0.39, 0.29) is 12.3 Å². The summed E-state index contributed by atoms with van der Waals surface area (Å²) in [5.41, 5.74) is 0.814. The van der Waals surface area contributed by atoms with Gasteiger partial charge in [0.15, 0.2) is 9.84 Å². The number of hydrogen-bond acceptors (Lipinski definition) is 3. The van der Waals surface area contributed by atoms with E-state index < -0.39 is 15.1 Å². The van der Waals surface area contributed by atoms with E-state index in [1.807, 2.05) is 13.8 Å². The summed E-state index contributed by atoms with van der Waals surface area (Å²) in [7, 11) is -3.24. The molecule has 1 amide bonds. The van der Waals surface area contributed by atoms with Crippen LogP contribution in [0.5, 0.6) is 0 Å². The van der Waals surface area contributed by atoms with Crippen LogP contribution in [-0.2, 0) is 21.1 Å². The van der Waals surface area contributed by atoms with Gasteiger partial charge in [-0.1, -0.05) is 26.0 Å². The van der Waals surface area contributed by atoms with Gasteiger partial charge in [0, 0.05) is 6.54 Å². The fraction of sp³-hybridized carbons (Fsp3) is 0.533. The van der Waals surface area contributed by atoms with Crippen LogP contribution in [-0.4, -0.2) is 26.1 Å². The van der Waals surface area contributed by atoms with E-state index in [0.717, 1.165) is 5.56 Å². The van der Waals surface area contributed by atoms with E-state index in [2.05, 4.69) is 5.32 Å². The second-order valence-electron chi connectivity index (χ2n) is 5.61. The predicted octanol–water partition coefficient (Wildman–Crippen LogP) is 2.18. The monoisotopic (exact) mass is 297 g/mol. The van der Waals surface area contributed by atoms with Crippen LogP contribution in [0.3, 0.4) is 0 Å². The molecule has 0 bridgehead atoms. The fourth-order valence-electron chi connectivity index (χ4n) is 1.64. The van der Waals surface area contributed by atoms with Gasteiger partial charge in [-0.25, -0.2) is 8.42 Å². The second kappa shape index (κ2) is 6.88. The Morgan fingerprint density at radius 2 is 1.65 bits per heavy atom. The standard InChI is InChI=1S/C15H23NO3S/c1-11(2)10-16-15(17)9-13-5-7-14(8-6-13)20(18,19)12(3)4/h5-8,11-12H,9-10H2,1-4H3,(H,16,17). The highest BCUT2D eigenvalue weighted by Crippen LogP contribution is 2.16. The van der Waals surface area contributed by atoms with Crippen molar-refractivity contribution in [3.63, 3.8) is 0 Å². The topological polar surface area (TPSA) is 63.2 Å². The van der Waals surface area contributed by atoms with Crippen LogP contribution in [0.2, 0.25) is 0 Å². The van der Waals surface area contributed by atoms with Gasteiger partial charge in [0.25, 0.3) is 0 Å². The predicted molar refractivity (Wildman–Crippen MR) is 80.3 cm³/mol. The Hall–Kier alpha value is -1.36. The van der Waals surface area contributed by atoms with E-state index >= 15 is 0 Å². The van der Waals surface area contributed by atoms with E-state index in [4.69, 9.17) is 0 Å². The Bertz CT molecular complexity index is 545. The van der Waals surface area contributed by atoms with Crippen LogP contribution in [0.4, 0.5) is 0 Å². The minimum Gasteiger partial charge on any atom is -0.356 e. The molecule has 112 valence electrons. The molecule has 0 saturated heterocycles. The van der Waals surface area contributed by atoms with Crippen molar-refractivity contribution >= 4 is 15.7 Å².